The molecule has 8 heteroatoms. The predicted molar refractivity (Wildman–Crippen MR) is 88.7 cm³/mol. The Bertz CT molecular complexity index is 755. The van der Waals surface area contributed by atoms with Crippen LogP contribution in [0, 0.1) is 0 Å². The number of imide groups is 1. The zero-order chi connectivity index (χ0) is 17.8. The van der Waals surface area contributed by atoms with Crippen LogP contribution in [0.4, 0.5) is 4.79 Å². The lowest BCUT2D eigenvalue weighted by atomic mass is 9.77. The van der Waals surface area contributed by atoms with Crippen molar-refractivity contribution in [2.75, 3.05) is 19.6 Å². The molecule has 3 heterocycles. The van der Waals surface area contributed by atoms with E-state index in [1.54, 1.807) is 18.7 Å². The Morgan fingerprint density at radius 3 is 2.84 bits per heavy atom. The third-order valence-corrected chi connectivity index (χ3v) is 5.79. The first-order valence-electron chi connectivity index (χ1n) is 8.77. The van der Waals surface area contributed by atoms with Gasteiger partial charge in [-0.25, -0.2) is 4.79 Å². The van der Waals surface area contributed by atoms with Crippen LogP contribution in [-0.2, 0) is 21.4 Å². The van der Waals surface area contributed by atoms with Crippen LogP contribution in [0.5, 0.6) is 0 Å². The zero-order valence-corrected chi connectivity index (χ0v) is 14.6. The third-order valence-electron chi connectivity index (χ3n) is 5.79. The Morgan fingerprint density at radius 1 is 1.32 bits per heavy atom. The summed E-state index contributed by atoms with van der Waals surface area (Å²) in [6.07, 6.45) is 5.81. The topological polar surface area (TPSA) is 98.4 Å². The number of H-pyrrole nitrogens is 1. The first-order chi connectivity index (χ1) is 11.8. The van der Waals surface area contributed by atoms with Gasteiger partial charge in [0.1, 0.15) is 12.1 Å². The van der Waals surface area contributed by atoms with E-state index in [0.29, 0.717) is 13.1 Å². The van der Waals surface area contributed by atoms with Gasteiger partial charge >= 0.3 is 6.03 Å². The second-order valence-electron chi connectivity index (χ2n) is 7.92. The lowest BCUT2D eigenvalue weighted by Crippen LogP contribution is -2.51. The molecule has 0 bridgehead atoms. The number of carbonyl (C=O) groups is 3. The molecule has 4 rings (SSSR count). The fourth-order valence-corrected chi connectivity index (χ4v) is 4.41. The summed E-state index contributed by atoms with van der Waals surface area (Å²) >= 11 is 0. The number of hydrogen-bond donors (Lipinski definition) is 2. The number of likely N-dealkylation sites (tertiary alicyclic amines) is 1. The number of nitrogens with one attached hydrogen (secondary N) is 2. The van der Waals surface area contributed by atoms with E-state index in [4.69, 9.17) is 0 Å². The molecule has 2 N–H and O–H groups in total. The number of aromatic nitrogens is 2. The molecule has 2 fully saturated rings. The Kier molecular flexibility index (Phi) is 3.42. The summed E-state index contributed by atoms with van der Waals surface area (Å²) in [4.78, 5) is 39.9. The maximum atomic E-state index is 12.8. The molecular formula is C17H23N5O3. The standard InChI is InChI=1S/C17H23N5O3/c1-16(2)14(24)22(15(25)19-16)9-12(23)21-7-3-5-17(10-21)6-4-11-8-18-20-13(11)17/h8H,3-7,9-10H2,1-2H3,(H,18,20)(H,19,25). The maximum absolute atomic E-state index is 12.8. The Hall–Kier alpha value is -2.38. The van der Waals surface area contributed by atoms with Gasteiger partial charge in [0, 0.05) is 24.2 Å². The highest BCUT2D eigenvalue weighted by molar-refractivity contribution is 6.08. The minimum atomic E-state index is -0.948. The number of aromatic amines is 1. The second-order valence-corrected chi connectivity index (χ2v) is 7.92. The molecule has 0 aromatic carbocycles. The summed E-state index contributed by atoms with van der Waals surface area (Å²) in [5, 5.41) is 9.88. The minimum Gasteiger partial charge on any atom is -0.340 e. The first-order valence-corrected chi connectivity index (χ1v) is 8.77. The molecule has 134 valence electrons. The van der Waals surface area contributed by atoms with E-state index in [0.717, 1.165) is 36.3 Å². The van der Waals surface area contributed by atoms with Crippen molar-refractivity contribution in [2.45, 2.75) is 50.5 Å². The van der Waals surface area contributed by atoms with Gasteiger partial charge in [0.25, 0.3) is 5.91 Å². The van der Waals surface area contributed by atoms with Crippen LogP contribution in [0.15, 0.2) is 6.20 Å². The van der Waals surface area contributed by atoms with E-state index in [9.17, 15) is 14.4 Å². The highest BCUT2D eigenvalue weighted by Crippen LogP contribution is 2.43. The molecule has 2 saturated heterocycles. The van der Waals surface area contributed by atoms with E-state index < -0.39 is 11.6 Å². The number of amides is 4. The summed E-state index contributed by atoms with van der Waals surface area (Å²) in [7, 11) is 0. The fraction of sp³-hybridized carbons (Fsp3) is 0.647. The number of nitrogens with zero attached hydrogens (tertiary/aromatic N) is 3. The third kappa shape index (κ3) is 2.42. The monoisotopic (exact) mass is 345 g/mol. The van der Waals surface area contributed by atoms with E-state index in [1.807, 2.05) is 6.20 Å². The quantitative estimate of drug-likeness (QED) is 0.765. The van der Waals surface area contributed by atoms with Crippen molar-refractivity contribution in [3.8, 4) is 0 Å². The summed E-state index contributed by atoms with van der Waals surface area (Å²) in [5.74, 6) is -0.525. The SMILES string of the molecule is CC1(C)NC(=O)N(CC(=O)N2CCCC3(CCc4cn[nH]c43)C2)C1=O. The van der Waals surface area contributed by atoms with Gasteiger partial charge in [0.05, 0.1) is 6.20 Å². The number of rotatable bonds is 2. The molecule has 1 spiro atoms. The normalized spacial score (nSPS) is 27.8. The van der Waals surface area contributed by atoms with E-state index >= 15 is 0 Å². The predicted octanol–water partition coefficient (Wildman–Crippen LogP) is 0.546. The number of hydrogen-bond acceptors (Lipinski definition) is 4. The van der Waals surface area contributed by atoms with E-state index in [1.165, 1.54) is 5.56 Å². The van der Waals surface area contributed by atoms with Crippen LogP contribution in [-0.4, -0.2) is 63.0 Å². The van der Waals surface area contributed by atoms with Crippen LogP contribution >= 0.6 is 0 Å². The second kappa shape index (κ2) is 5.31. The molecule has 4 amide bonds. The van der Waals surface area contributed by atoms with Gasteiger partial charge in [-0.2, -0.15) is 5.10 Å². The summed E-state index contributed by atoms with van der Waals surface area (Å²) < 4.78 is 0. The lowest BCUT2D eigenvalue weighted by molar-refractivity contribution is -0.139. The van der Waals surface area contributed by atoms with Gasteiger partial charge in [-0.3, -0.25) is 19.6 Å². The van der Waals surface area contributed by atoms with Gasteiger partial charge in [-0.05, 0) is 45.1 Å². The lowest BCUT2D eigenvalue weighted by Gasteiger charge is -2.40. The van der Waals surface area contributed by atoms with Crippen LogP contribution in [0.2, 0.25) is 0 Å². The number of carbonyl (C=O) groups excluding carboxylic acids is 3. The highest BCUT2D eigenvalue weighted by atomic mass is 16.2. The highest BCUT2D eigenvalue weighted by Gasteiger charge is 2.47. The molecule has 0 radical (unpaired) electrons. The Labute approximate surface area is 145 Å². The van der Waals surface area contributed by atoms with Crippen molar-refractivity contribution in [3.05, 3.63) is 17.5 Å². The average Bonchev–Trinajstić information content (AvgIpc) is 3.20. The van der Waals surface area contributed by atoms with E-state index in [2.05, 4.69) is 15.5 Å². The number of urea groups is 1. The summed E-state index contributed by atoms with van der Waals surface area (Å²) in [6.45, 7) is 4.38. The fourth-order valence-electron chi connectivity index (χ4n) is 4.41. The molecule has 1 aliphatic carbocycles. The van der Waals surface area contributed by atoms with Crippen molar-refractivity contribution in [1.29, 1.82) is 0 Å². The molecule has 1 aromatic heterocycles. The summed E-state index contributed by atoms with van der Waals surface area (Å²) in [6, 6.07) is -0.494. The first kappa shape index (κ1) is 16.1. The molecular weight excluding hydrogens is 322 g/mol. The van der Waals surface area contributed by atoms with Gasteiger partial charge in [0.2, 0.25) is 5.91 Å². The molecule has 1 aromatic rings. The van der Waals surface area contributed by atoms with Crippen LogP contribution in [0.3, 0.4) is 0 Å². The van der Waals surface area contributed by atoms with Crippen LogP contribution < -0.4 is 5.32 Å². The number of aryl methyl sites for hydroxylation is 1. The maximum Gasteiger partial charge on any atom is 0.325 e. The smallest absolute Gasteiger partial charge is 0.325 e. The van der Waals surface area contributed by atoms with Crippen molar-refractivity contribution < 1.29 is 14.4 Å². The van der Waals surface area contributed by atoms with Crippen LogP contribution in [0.1, 0.15) is 44.4 Å². The molecule has 25 heavy (non-hydrogen) atoms. The van der Waals surface area contributed by atoms with Gasteiger partial charge < -0.3 is 10.2 Å². The average molecular weight is 345 g/mol. The van der Waals surface area contributed by atoms with Gasteiger partial charge in [-0.15, -0.1) is 0 Å². The molecule has 2 aliphatic heterocycles. The molecule has 1 unspecified atom stereocenters. The Morgan fingerprint density at radius 2 is 2.12 bits per heavy atom. The van der Waals surface area contributed by atoms with Gasteiger partial charge in [-0.1, -0.05) is 0 Å². The van der Waals surface area contributed by atoms with Crippen molar-refractivity contribution >= 4 is 17.8 Å². The molecule has 1 atom stereocenters. The minimum absolute atomic E-state index is 0.0592. The van der Waals surface area contributed by atoms with Crippen LogP contribution in [0.25, 0.3) is 0 Å². The van der Waals surface area contributed by atoms with Crippen molar-refractivity contribution in [3.63, 3.8) is 0 Å². The number of fused-ring (bicyclic) bond motifs is 2. The number of piperidine rings is 1. The molecule has 3 aliphatic rings. The molecule has 8 nitrogen and oxygen atoms in total. The van der Waals surface area contributed by atoms with E-state index in [-0.39, 0.29) is 23.8 Å². The summed E-state index contributed by atoms with van der Waals surface area (Å²) in [5.41, 5.74) is 1.39. The molecule has 0 saturated carbocycles. The van der Waals surface area contributed by atoms with Gasteiger partial charge in [0.15, 0.2) is 0 Å². The largest absolute Gasteiger partial charge is 0.340 e. The zero-order valence-electron chi connectivity index (χ0n) is 14.6. The van der Waals surface area contributed by atoms with Crippen molar-refractivity contribution in [1.82, 2.24) is 25.3 Å². The van der Waals surface area contributed by atoms with Crippen molar-refractivity contribution in [2.24, 2.45) is 0 Å². The Balaban J connectivity index is 1.48.